The molecule has 3 aliphatic carbocycles. The van der Waals surface area contributed by atoms with Gasteiger partial charge < -0.3 is 10.2 Å². The summed E-state index contributed by atoms with van der Waals surface area (Å²) in [5.74, 6) is -3.11. The number of carbonyl (C=O) groups is 4. The summed E-state index contributed by atoms with van der Waals surface area (Å²) in [6.07, 6.45) is 4.31. The molecule has 0 radical (unpaired) electrons. The van der Waals surface area contributed by atoms with Crippen molar-refractivity contribution >= 4 is 35.0 Å². The zero-order valence-corrected chi connectivity index (χ0v) is 21.9. The van der Waals surface area contributed by atoms with Crippen molar-refractivity contribution in [1.82, 2.24) is 4.90 Å². The van der Waals surface area contributed by atoms with Crippen LogP contribution in [0.15, 0.2) is 76.9 Å². The Morgan fingerprint density at radius 3 is 2.38 bits per heavy atom. The molecule has 0 unspecified atom stereocenters. The molecule has 2 N–H and O–H groups in total. The molecule has 4 atom stereocenters. The summed E-state index contributed by atoms with van der Waals surface area (Å²) < 4.78 is 0. The van der Waals surface area contributed by atoms with Crippen LogP contribution in [0.25, 0.3) is 0 Å². The fourth-order valence-corrected chi connectivity index (χ4v) is 6.96. The molecule has 8 heteroatoms. The molecule has 0 bridgehead atoms. The average Bonchev–Trinajstić information content (AvgIpc) is 3.15. The second kappa shape index (κ2) is 9.35. The van der Waals surface area contributed by atoms with Gasteiger partial charge in [-0.25, -0.2) is 0 Å². The molecule has 1 saturated heterocycles. The van der Waals surface area contributed by atoms with Crippen LogP contribution < -0.4 is 0 Å². The third-order valence-corrected chi connectivity index (χ3v) is 8.84. The number of halogens is 1. The predicted molar refractivity (Wildman–Crippen MR) is 143 cm³/mol. The number of likely N-dealkylation sites (tertiary alicyclic amines) is 1. The number of phenolic OH excluding ortho intramolecular Hbond substituents is 2. The Morgan fingerprint density at radius 1 is 0.949 bits per heavy atom. The smallest absolute Gasteiger partial charge is 0.233 e. The number of amides is 2. The van der Waals surface area contributed by atoms with Crippen molar-refractivity contribution in [2.75, 3.05) is 6.54 Å². The first kappa shape index (κ1) is 25.3. The number of nitrogens with zero attached hydrogens (tertiary/aromatic N) is 1. The third kappa shape index (κ3) is 4.03. The van der Waals surface area contributed by atoms with E-state index in [9.17, 15) is 29.4 Å². The number of hydrogen-bond donors (Lipinski definition) is 2. The molecular formula is C31H26ClNO6. The van der Waals surface area contributed by atoms with Crippen molar-refractivity contribution in [3.05, 3.63) is 93.1 Å². The summed E-state index contributed by atoms with van der Waals surface area (Å²) in [6.45, 7) is 1.83. The molecule has 2 aromatic rings. The van der Waals surface area contributed by atoms with Gasteiger partial charge in [0, 0.05) is 34.2 Å². The second-order valence-corrected chi connectivity index (χ2v) is 11.1. The Kier molecular flexibility index (Phi) is 6.07. The lowest BCUT2D eigenvalue weighted by Gasteiger charge is -2.42. The van der Waals surface area contributed by atoms with Crippen molar-refractivity contribution in [1.29, 1.82) is 0 Å². The van der Waals surface area contributed by atoms with Gasteiger partial charge in [0.05, 0.1) is 11.8 Å². The Bertz CT molecular complexity index is 1550. The van der Waals surface area contributed by atoms with Crippen molar-refractivity contribution in [3.63, 3.8) is 0 Å². The van der Waals surface area contributed by atoms with Crippen LogP contribution in [-0.4, -0.2) is 45.0 Å². The van der Waals surface area contributed by atoms with Crippen LogP contribution in [0.5, 0.6) is 11.5 Å². The molecule has 1 fully saturated rings. The summed E-state index contributed by atoms with van der Waals surface area (Å²) in [4.78, 5) is 55.2. The van der Waals surface area contributed by atoms with Gasteiger partial charge in [-0.05, 0) is 73.6 Å². The number of carbonyl (C=O) groups excluding carboxylic acids is 4. The fraction of sp³-hybridized carbons (Fsp3) is 0.290. The van der Waals surface area contributed by atoms with E-state index in [1.807, 2.05) is 6.08 Å². The molecular weight excluding hydrogens is 518 g/mol. The summed E-state index contributed by atoms with van der Waals surface area (Å²) in [6, 6.07) is 11.2. The highest BCUT2D eigenvalue weighted by Crippen LogP contribution is 2.55. The van der Waals surface area contributed by atoms with Crippen molar-refractivity contribution in [2.45, 2.75) is 32.1 Å². The molecule has 198 valence electrons. The zero-order chi connectivity index (χ0) is 27.6. The van der Waals surface area contributed by atoms with Crippen molar-refractivity contribution < 1.29 is 29.4 Å². The standard InChI is InChI=1S/C31H26ClNO6/c1-15-12-25(36)28-23(29(15)37)14-22-19(26(28)20-7-6-18(35)13-24(20)32)8-9-21-27(22)31(39)33(30(21)38)11-10-16-2-4-17(34)5-3-16/h2-8,12-13,21-22,26-27,34-35H,9-11,14H2,1H3/t21-,22+,26+,27-/m0/s1. The second-order valence-electron chi connectivity index (χ2n) is 10.7. The molecule has 6 rings (SSSR count). The highest BCUT2D eigenvalue weighted by atomic mass is 35.5. The number of Topliss-reactive ketones (excluding diaryl/α,β-unsaturated/α-hetero) is 1. The van der Waals surface area contributed by atoms with E-state index >= 15 is 0 Å². The average molecular weight is 544 g/mol. The van der Waals surface area contributed by atoms with E-state index in [0.717, 1.165) is 11.1 Å². The van der Waals surface area contributed by atoms with Gasteiger partial charge in [-0.3, -0.25) is 24.1 Å². The summed E-state index contributed by atoms with van der Waals surface area (Å²) >= 11 is 6.57. The maximum Gasteiger partial charge on any atom is 0.233 e. The number of aromatic hydroxyl groups is 2. The van der Waals surface area contributed by atoms with Gasteiger partial charge in [0.15, 0.2) is 11.6 Å². The van der Waals surface area contributed by atoms with E-state index in [1.165, 1.54) is 23.1 Å². The summed E-state index contributed by atoms with van der Waals surface area (Å²) in [5.41, 5.74) is 3.37. The topological polar surface area (TPSA) is 112 Å². The molecule has 1 heterocycles. The lowest BCUT2D eigenvalue weighted by atomic mass is 9.59. The van der Waals surface area contributed by atoms with Gasteiger partial charge >= 0.3 is 0 Å². The van der Waals surface area contributed by atoms with E-state index in [4.69, 9.17) is 11.6 Å². The molecule has 0 spiro atoms. The number of imide groups is 1. The largest absolute Gasteiger partial charge is 0.508 e. The first-order valence-corrected chi connectivity index (χ1v) is 13.4. The van der Waals surface area contributed by atoms with Gasteiger partial charge in [0.1, 0.15) is 11.5 Å². The number of fused-ring (bicyclic) bond motifs is 3. The van der Waals surface area contributed by atoms with Crippen LogP contribution >= 0.6 is 11.6 Å². The van der Waals surface area contributed by atoms with Crippen molar-refractivity contribution in [3.8, 4) is 11.5 Å². The van der Waals surface area contributed by atoms with E-state index in [1.54, 1.807) is 37.3 Å². The SMILES string of the molecule is CC1=CC(=O)C2=C(C[C@@H]3C(=CC[C@@H]4C(=O)N(CCc5ccc(O)cc5)C(=O)[C@@H]43)[C@@H]2c2ccc(O)cc2Cl)C1=O. The first-order chi connectivity index (χ1) is 18.7. The van der Waals surface area contributed by atoms with Crippen LogP contribution in [-0.2, 0) is 25.6 Å². The highest BCUT2D eigenvalue weighted by Gasteiger charge is 2.56. The first-order valence-electron chi connectivity index (χ1n) is 13.0. The molecule has 2 aromatic carbocycles. The normalized spacial score (nSPS) is 26.3. The predicted octanol–water partition coefficient (Wildman–Crippen LogP) is 4.42. The Labute approximate surface area is 230 Å². The summed E-state index contributed by atoms with van der Waals surface area (Å²) in [7, 11) is 0. The Hall–Kier alpha value is -3.97. The lowest BCUT2D eigenvalue weighted by Crippen LogP contribution is -2.40. The van der Waals surface area contributed by atoms with Gasteiger partial charge in [-0.15, -0.1) is 0 Å². The van der Waals surface area contributed by atoms with Crippen molar-refractivity contribution in [2.24, 2.45) is 17.8 Å². The quantitative estimate of drug-likeness (QED) is 0.335. The van der Waals surface area contributed by atoms with Gasteiger partial charge in [0.25, 0.3) is 0 Å². The van der Waals surface area contributed by atoms with E-state index < -0.39 is 23.7 Å². The maximum absolute atomic E-state index is 13.8. The Morgan fingerprint density at radius 2 is 1.67 bits per heavy atom. The summed E-state index contributed by atoms with van der Waals surface area (Å²) in [5, 5.41) is 19.7. The van der Waals surface area contributed by atoms with Gasteiger partial charge in [0.2, 0.25) is 11.8 Å². The number of ketones is 2. The monoisotopic (exact) mass is 543 g/mol. The number of phenols is 2. The maximum atomic E-state index is 13.8. The number of rotatable bonds is 4. The van der Waals surface area contributed by atoms with Gasteiger partial charge in [-0.2, -0.15) is 0 Å². The van der Waals surface area contributed by atoms with Crippen LogP contribution in [0.4, 0.5) is 0 Å². The van der Waals surface area contributed by atoms with E-state index in [-0.39, 0.29) is 52.9 Å². The minimum atomic E-state index is -0.650. The molecule has 0 saturated carbocycles. The van der Waals surface area contributed by atoms with Gasteiger partial charge in [-0.1, -0.05) is 41.4 Å². The fourth-order valence-electron chi connectivity index (χ4n) is 6.68. The lowest BCUT2D eigenvalue weighted by molar-refractivity contribution is -0.140. The number of hydrogen-bond acceptors (Lipinski definition) is 6. The molecule has 2 amide bonds. The molecule has 0 aromatic heterocycles. The molecule has 7 nitrogen and oxygen atoms in total. The van der Waals surface area contributed by atoms with Crippen LogP contribution in [0, 0.1) is 17.8 Å². The third-order valence-electron chi connectivity index (χ3n) is 8.51. The molecule has 39 heavy (non-hydrogen) atoms. The molecule has 1 aliphatic heterocycles. The van der Waals surface area contributed by atoms with Crippen LogP contribution in [0.2, 0.25) is 5.02 Å². The number of benzene rings is 2. The Balaban J connectivity index is 1.39. The highest BCUT2D eigenvalue weighted by molar-refractivity contribution is 6.32. The molecule has 4 aliphatic rings. The van der Waals surface area contributed by atoms with E-state index in [0.29, 0.717) is 35.1 Å². The minimum absolute atomic E-state index is 0.0226. The van der Waals surface area contributed by atoms with E-state index in [2.05, 4.69) is 0 Å². The zero-order valence-electron chi connectivity index (χ0n) is 21.2. The van der Waals surface area contributed by atoms with Crippen LogP contribution in [0.1, 0.15) is 36.8 Å². The van der Waals surface area contributed by atoms with Crippen LogP contribution in [0.3, 0.4) is 0 Å². The minimum Gasteiger partial charge on any atom is -0.508 e. The number of allylic oxidation sites excluding steroid dienone is 6.